The number of thiophene rings is 1. The molecule has 1 aliphatic heterocycles. The minimum atomic E-state index is -0.597. The fraction of sp³-hybridized carbons (Fsp3) is 0.206. The quantitative estimate of drug-likeness (QED) is 0.163. The minimum absolute atomic E-state index is 0.0439. The maximum Gasteiger partial charge on any atom is 0.254 e. The van der Waals surface area contributed by atoms with Gasteiger partial charge in [0.05, 0.1) is 41.6 Å². The summed E-state index contributed by atoms with van der Waals surface area (Å²) in [6.07, 6.45) is 1.29. The Kier molecular flexibility index (Phi) is 9.85. The lowest BCUT2D eigenvalue weighted by atomic mass is 10.0. The van der Waals surface area contributed by atoms with Crippen LogP contribution in [0.1, 0.15) is 44.6 Å². The number of rotatable bonds is 12. The molecule has 0 radical (unpaired) electrons. The molecule has 1 unspecified atom stereocenters. The second kappa shape index (κ2) is 14.5. The summed E-state index contributed by atoms with van der Waals surface area (Å²) in [4.78, 5) is 27.5. The Balaban J connectivity index is 1.20. The summed E-state index contributed by atoms with van der Waals surface area (Å²) < 4.78 is 21.4. The van der Waals surface area contributed by atoms with Gasteiger partial charge >= 0.3 is 0 Å². The summed E-state index contributed by atoms with van der Waals surface area (Å²) in [7, 11) is 1.62. The third kappa shape index (κ3) is 7.19. The predicted octanol–water partition coefficient (Wildman–Crippen LogP) is 6.13. The number of methoxy groups -OCH3 is 1. The second-order valence-corrected chi connectivity index (χ2v) is 12.4. The van der Waals surface area contributed by atoms with Crippen molar-refractivity contribution in [2.45, 2.75) is 37.1 Å². The van der Waals surface area contributed by atoms with Crippen LogP contribution in [0.25, 0.3) is 0 Å². The first kappa shape index (κ1) is 31.2. The van der Waals surface area contributed by atoms with Crippen molar-refractivity contribution in [1.29, 1.82) is 0 Å². The smallest absolute Gasteiger partial charge is 0.254 e. The van der Waals surface area contributed by atoms with Crippen LogP contribution >= 0.6 is 23.1 Å². The molecule has 0 fully saturated rings. The third-order valence-corrected chi connectivity index (χ3v) is 9.45. The normalized spacial score (nSPS) is 14.3. The van der Waals surface area contributed by atoms with Gasteiger partial charge in [0.25, 0.3) is 11.8 Å². The molecule has 9 nitrogen and oxygen atoms in total. The molecule has 6 rings (SSSR count). The fourth-order valence-electron chi connectivity index (χ4n) is 5.18. The van der Waals surface area contributed by atoms with E-state index in [4.69, 9.17) is 9.84 Å². The van der Waals surface area contributed by atoms with Gasteiger partial charge in [0.15, 0.2) is 11.0 Å². The van der Waals surface area contributed by atoms with Gasteiger partial charge in [0.1, 0.15) is 11.6 Å². The Labute approximate surface area is 274 Å². The topological polar surface area (TPSA) is 102 Å². The maximum absolute atomic E-state index is 14.2. The molecule has 46 heavy (non-hydrogen) atoms. The average molecular weight is 655 g/mol. The number of amides is 2. The number of thioether (sulfide) groups is 1. The lowest BCUT2D eigenvalue weighted by Crippen LogP contribution is -2.28. The summed E-state index contributed by atoms with van der Waals surface area (Å²) >= 11 is 2.87. The van der Waals surface area contributed by atoms with Crippen molar-refractivity contribution >= 4 is 40.6 Å². The molecule has 1 aliphatic rings. The maximum atomic E-state index is 14.2. The first-order valence-corrected chi connectivity index (χ1v) is 16.6. The van der Waals surface area contributed by atoms with Crippen LogP contribution in [0.3, 0.4) is 0 Å². The van der Waals surface area contributed by atoms with E-state index in [2.05, 4.69) is 15.5 Å². The first-order chi connectivity index (χ1) is 22.5. The summed E-state index contributed by atoms with van der Waals surface area (Å²) in [5, 5.41) is 20.4. The molecular weight excluding hydrogens is 624 g/mol. The molecule has 3 heterocycles. The standard InChI is InChI=1S/C34H31FN6O3S2/c1-44-25-15-13-24(14-16-25)29-20-28(30-12-7-19-45-30)39-41(29)32(42)22-46-34-38-37-31(40(34)18-17-23-8-3-2-4-9-23)21-36-33(43)26-10-5-6-11-27(26)35/h2-16,19,29H,17-18,20-22H2,1H3,(H,36,43). The molecule has 2 amide bonds. The number of hydrazone groups is 1. The van der Waals surface area contributed by atoms with Gasteiger partial charge in [-0.1, -0.05) is 72.4 Å². The summed E-state index contributed by atoms with van der Waals surface area (Å²) in [6, 6.07) is 27.3. The van der Waals surface area contributed by atoms with Crippen molar-refractivity contribution in [1.82, 2.24) is 25.1 Å². The van der Waals surface area contributed by atoms with E-state index in [-0.39, 0.29) is 29.8 Å². The zero-order valence-corrected chi connectivity index (χ0v) is 26.6. The van der Waals surface area contributed by atoms with Gasteiger partial charge in [-0.25, -0.2) is 9.40 Å². The average Bonchev–Trinajstić information content (AvgIpc) is 3.86. The van der Waals surface area contributed by atoms with E-state index in [0.29, 0.717) is 30.4 Å². The van der Waals surface area contributed by atoms with Crippen LogP contribution in [0.4, 0.5) is 4.39 Å². The Morgan fingerprint density at radius 2 is 1.78 bits per heavy atom. The highest BCUT2D eigenvalue weighted by molar-refractivity contribution is 7.99. The molecule has 234 valence electrons. The molecule has 3 aromatic carbocycles. The Morgan fingerprint density at radius 3 is 2.52 bits per heavy atom. The van der Waals surface area contributed by atoms with Gasteiger partial charge < -0.3 is 14.6 Å². The molecule has 0 spiro atoms. The number of aromatic nitrogens is 3. The van der Waals surface area contributed by atoms with Gasteiger partial charge in [0.2, 0.25) is 0 Å². The van der Waals surface area contributed by atoms with Crippen LogP contribution < -0.4 is 10.1 Å². The minimum Gasteiger partial charge on any atom is -0.497 e. The molecule has 12 heteroatoms. The van der Waals surface area contributed by atoms with Gasteiger partial charge in [-0.3, -0.25) is 9.59 Å². The molecule has 5 aromatic rings. The number of aryl methyl sites for hydroxylation is 1. The first-order valence-electron chi connectivity index (χ1n) is 14.7. The molecule has 0 aliphatic carbocycles. The lowest BCUT2D eigenvalue weighted by Gasteiger charge is -2.22. The molecule has 0 bridgehead atoms. The number of carbonyl (C=O) groups excluding carboxylic acids is 2. The van der Waals surface area contributed by atoms with E-state index < -0.39 is 11.7 Å². The Bertz CT molecular complexity index is 1830. The highest BCUT2D eigenvalue weighted by atomic mass is 32.2. The van der Waals surface area contributed by atoms with Gasteiger partial charge in [-0.05, 0) is 53.3 Å². The summed E-state index contributed by atoms with van der Waals surface area (Å²) in [6.45, 7) is 0.570. The lowest BCUT2D eigenvalue weighted by molar-refractivity contribution is -0.130. The second-order valence-electron chi connectivity index (χ2n) is 10.5. The van der Waals surface area contributed by atoms with Crippen LogP contribution in [-0.4, -0.2) is 50.2 Å². The molecule has 1 N–H and O–H groups in total. The van der Waals surface area contributed by atoms with Crippen molar-refractivity contribution in [3.63, 3.8) is 0 Å². The van der Waals surface area contributed by atoms with Crippen LogP contribution in [0.5, 0.6) is 5.75 Å². The van der Waals surface area contributed by atoms with E-state index in [9.17, 15) is 14.0 Å². The van der Waals surface area contributed by atoms with Crippen LogP contribution in [-0.2, 0) is 24.3 Å². The number of hydrogen-bond acceptors (Lipinski definition) is 8. The van der Waals surface area contributed by atoms with Crippen molar-refractivity contribution in [3.05, 3.63) is 130 Å². The monoisotopic (exact) mass is 654 g/mol. The number of ether oxygens (including phenoxy) is 1. The summed E-state index contributed by atoms with van der Waals surface area (Å²) in [5.74, 6) is 0.0255. The van der Waals surface area contributed by atoms with E-state index in [1.165, 1.54) is 30.0 Å². The molecule has 1 atom stereocenters. The van der Waals surface area contributed by atoms with Gasteiger partial charge in [0, 0.05) is 13.0 Å². The zero-order valence-electron chi connectivity index (χ0n) is 25.0. The van der Waals surface area contributed by atoms with E-state index >= 15 is 0 Å². The molecular formula is C34H31FN6O3S2. The number of nitrogens with zero attached hydrogens (tertiary/aromatic N) is 5. The fourth-order valence-corrected chi connectivity index (χ4v) is 6.73. The number of benzene rings is 3. The van der Waals surface area contributed by atoms with Crippen LogP contribution in [0.15, 0.2) is 107 Å². The zero-order chi connectivity index (χ0) is 31.9. The molecule has 2 aromatic heterocycles. The number of halogens is 1. The van der Waals surface area contributed by atoms with Crippen LogP contribution in [0.2, 0.25) is 0 Å². The number of carbonyl (C=O) groups is 2. The highest BCUT2D eigenvalue weighted by Gasteiger charge is 2.33. The third-order valence-electron chi connectivity index (χ3n) is 7.58. The van der Waals surface area contributed by atoms with E-state index in [1.54, 1.807) is 29.5 Å². The van der Waals surface area contributed by atoms with Crippen LogP contribution in [0, 0.1) is 5.82 Å². The van der Waals surface area contributed by atoms with Crippen molar-refractivity contribution in [2.75, 3.05) is 12.9 Å². The van der Waals surface area contributed by atoms with E-state index in [1.807, 2.05) is 76.7 Å². The Morgan fingerprint density at radius 1 is 1.00 bits per heavy atom. The SMILES string of the molecule is COc1ccc(C2CC(c3cccs3)=NN2C(=O)CSc2nnc(CNC(=O)c3ccccc3F)n2CCc2ccccc2)cc1. The molecule has 0 saturated carbocycles. The highest BCUT2D eigenvalue weighted by Crippen LogP contribution is 2.35. The predicted molar refractivity (Wildman–Crippen MR) is 177 cm³/mol. The Hall–Kier alpha value is -4.81. The number of nitrogens with one attached hydrogen (secondary N) is 1. The molecule has 0 saturated heterocycles. The van der Waals surface area contributed by atoms with Gasteiger partial charge in [-0.2, -0.15) is 5.10 Å². The van der Waals surface area contributed by atoms with Crippen molar-refractivity contribution in [3.8, 4) is 5.75 Å². The van der Waals surface area contributed by atoms with E-state index in [0.717, 1.165) is 27.5 Å². The summed E-state index contributed by atoms with van der Waals surface area (Å²) in [5.41, 5.74) is 2.92. The van der Waals surface area contributed by atoms with Gasteiger partial charge in [-0.15, -0.1) is 21.5 Å². The largest absolute Gasteiger partial charge is 0.497 e. The van der Waals surface area contributed by atoms with Crippen molar-refractivity contribution < 1.29 is 18.7 Å². The van der Waals surface area contributed by atoms with Crippen molar-refractivity contribution in [2.24, 2.45) is 5.10 Å². The number of hydrogen-bond donors (Lipinski definition) is 1.